The molecule has 0 aliphatic heterocycles. The average Bonchev–Trinajstić information content (AvgIpc) is 2.17. The molecule has 0 saturated heterocycles. The summed E-state index contributed by atoms with van der Waals surface area (Å²) in [7, 11) is 0. The predicted octanol–water partition coefficient (Wildman–Crippen LogP) is 2.08. The molecule has 90 valence electrons. The summed E-state index contributed by atoms with van der Waals surface area (Å²) in [6.45, 7) is 8.59. The highest BCUT2D eigenvalue weighted by Crippen LogP contribution is 2.20. The molecule has 0 aliphatic carbocycles. The van der Waals surface area contributed by atoms with Crippen LogP contribution in [0.4, 0.5) is 11.4 Å². The van der Waals surface area contributed by atoms with Crippen LogP contribution in [0.15, 0.2) is 18.5 Å². The molecule has 1 unspecified atom stereocenters. The van der Waals surface area contributed by atoms with Crippen LogP contribution in [0.5, 0.6) is 0 Å². The number of anilines is 2. The zero-order valence-electron chi connectivity index (χ0n) is 10.4. The summed E-state index contributed by atoms with van der Waals surface area (Å²) in [4.78, 5) is 4.14. The molecule has 1 rings (SSSR count). The van der Waals surface area contributed by atoms with Crippen LogP contribution in [0.1, 0.15) is 27.7 Å². The minimum atomic E-state index is -0.435. The third-order valence-electron chi connectivity index (χ3n) is 2.63. The summed E-state index contributed by atoms with van der Waals surface area (Å²) in [6.07, 6.45) is 3.10. The SMILES string of the molecule is CCNc1cncc(NC(C)(C)C(C)O)c1. The van der Waals surface area contributed by atoms with Crippen LogP contribution in [-0.4, -0.2) is 28.3 Å². The van der Waals surface area contributed by atoms with Crippen molar-refractivity contribution in [2.45, 2.75) is 39.3 Å². The Hall–Kier alpha value is -1.29. The van der Waals surface area contributed by atoms with Crippen LogP contribution in [0.2, 0.25) is 0 Å². The van der Waals surface area contributed by atoms with Crippen molar-refractivity contribution in [3.8, 4) is 0 Å². The third-order valence-corrected chi connectivity index (χ3v) is 2.63. The minimum absolute atomic E-state index is 0.369. The molecule has 1 heterocycles. The quantitative estimate of drug-likeness (QED) is 0.715. The van der Waals surface area contributed by atoms with Crippen molar-refractivity contribution < 1.29 is 5.11 Å². The van der Waals surface area contributed by atoms with Crippen molar-refractivity contribution >= 4 is 11.4 Å². The third kappa shape index (κ3) is 3.38. The maximum absolute atomic E-state index is 9.62. The van der Waals surface area contributed by atoms with Gasteiger partial charge in [0.1, 0.15) is 0 Å². The predicted molar refractivity (Wildman–Crippen MR) is 67.8 cm³/mol. The van der Waals surface area contributed by atoms with Crippen LogP contribution in [0, 0.1) is 0 Å². The van der Waals surface area contributed by atoms with Gasteiger partial charge in [-0.1, -0.05) is 0 Å². The topological polar surface area (TPSA) is 57.2 Å². The summed E-state index contributed by atoms with van der Waals surface area (Å²) in [5.41, 5.74) is 1.52. The molecule has 0 radical (unpaired) electrons. The number of aliphatic hydroxyl groups excluding tert-OH is 1. The van der Waals surface area contributed by atoms with Crippen molar-refractivity contribution in [1.82, 2.24) is 4.98 Å². The van der Waals surface area contributed by atoms with Gasteiger partial charge in [-0.3, -0.25) is 4.98 Å². The van der Waals surface area contributed by atoms with Gasteiger partial charge in [-0.25, -0.2) is 0 Å². The van der Waals surface area contributed by atoms with E-state index >= 15 is 0 Å². The maximum Gasteiger partial charge on any atom is 0.0736 e. The van der Waals surface area contributed by atoms with E-state index in [1.807, 2.05) is 26.8 Å². The molecule has 0 aliphatic rings. The lowest BCUT2D eigenvalue weighted by Crippen LogP contribution is -2.41. The molecule has 0 saturated carbocycles. The minimum Gasteiger partial charge on any atom is -0.391 e. The lowest BCUT2D eigenvalue weighted by Gasteiger charge is -2.30. The highest BCUT2D eigenvalue weighted by molar-refractivity contribution is 5.55. The standard InChI is InChI=1S/C12H21N3O/c1-5-14-10-6-11(8-13-7-10)15-12(3,4)9(2)16/h6-9,14-16H,5H2,1-4H3. The number of hydrogen-bond acceptors (Lipinski definition) is 4. The van der Waals surface area contributed by atoms with E-state index < -0.39 is 6.10 Å². The Labute approximate surface area is 97.1 Å². The lowest BCUT2D eigenvalue weighted by molar-refractivity contribution is 0.133. The molecule has 0 bridgehead atoms. The van der Waals surface area contributed by atoms with Gasteiger partial charge in [0.25, 0.3) is 0 Å². The van der Waals surface area contributed by atoms with Crippen LogP contribution < -0.4 is 10.6 Å². The van der Waals surface area contributed by atoms with Crippen molar-refractivity contribution in [1.29, 1.82) is 0 Å². The molecular weight excluding hydrogens is 202 g/mol. The zero-order chi connectivity index (χ0) is 12.2. The Morgan fingerprint density at radius 2 is 2.00 bits per heavy atom. The smallest absolute Gasteiger partial charge is 0.0736 e. The van der Waals surface area contributed by atoms with E-state index in [9.17, 15) is 5.11 Å². The number of pyridine rings is 1. The van der Waals surface area contributed by atoms with Crippen LogP contribution in [0.3, 0.4) is 0 Å². The van der Waals surface area contributed by atoms with E-state index in [0.717, 1.165) is 17.9 Å². The molecule has 1 atom stereocenters. The lowest BCUT2D eigenvalue weighted by atomic mass is 9.98. The second-order valence-corrected chi connectivity index (χ2v) is 4.52. The van der Waals surface area contributed by atoms with E-state index in [4.69, 9.17) is 0 Å². The van der Waals surface area contributed by atoms with Crippen LogP contribution >= 0.6 is 0 Å². The first kappa shape index (κ1) is 12.8. The first-order valence-corrected chi connectivity index (χ1v) is 5.61. The van der Waals surface area contributed by atoms with E-state index in [-0.39, 0.29) is 5.54 Å². The van der Waals surface area contributed by atoms with Crippen LogP contribution in [0.25, 0.3) is 0 Å². The van der Waals surface area contributed by atoms with E-state index in [1.165, 1.54) is 0 Å². The molecule has 1 aromatic rings. The molecular formula is C12H21N3O. The van der Waals surface area contributed by atoms with E-state index in [0.29, 0.717) is 0 Å². The summed E-state index contributed by atoms with van der Waals surface area (Å²) in [5.74, 6) is 0. The molecule has 4 nitrogen and oxygen atoms in total. The molecule has 1 aromatic heterocycles. The fourth-order valence-electron chi connectivity index (χ4n) is 1.29. The Morgan fingerprint density at radius 1 is 1.38 bits per heavy atom. The fraction of sp³-hybridized carbons (Fsp3) is 0.583. The Bertz CT molecular complexity index is 337. The number of nitrogens with one attached hydrogen (secondary N) is 2. The van der Waals surface area contributed by atoms with Crippen molar-refractivity contribution in [3.63, 3.8) is 0 Å². The van der Waals surface area contributed by atoms with E-state index in [2.05, 4.69) is 15.6 Å². The molecule has 0 amide bonds. The first-order valence-electron chi connectivity index (χ1n) is 5.61. The van der Waals surface area contributed by atoms with Gasteiger partial charge in [-0.15, -0.1) is 0 Å². The molecule has 0 aromatic carbocycles. The Kier molecular flexibility index (Phi) is 4.12. The Balaban J connectivity index is 2.77. The number of rotatable bonds is 5. The summed E-state index contributed by atoms with van der Waals surface area (Å²) >= 11 is 0. The Morgan fingerprint density at radius 3 is 2.56 bits per heavy atom. The van der Waals surface area contributed by atoms with Gasteiger partial charge in [0, 0.05) is 6.54 Å². The largest absolute Gasteiger partial charge is 0.391 e. The number of aromatic nitrogens is 1. The molecule has 3 N–H and O–H groups in total. The van der Waals surface area contributed by atoms with Gasteiger partial charge < -0.3 is 15.7 Å². The van der Waals surface area contributed by atoms with Gasteiger partial charge >= 0.3 is 0 Å². The maximum atomic E-state index is 9.62. The van der Waals surface area contributed by atoms with Gasteiger partial charge in [0.2, 0.25) is 0 Å². The highest BCUT2D eigenvalue weighted by atomic mass is 16.3. The fourth-order valence-corrected chi connectivity index (χ4v) is 1.29. The monoisotopic (exact) mass is 223 g/mol. The summed E-state index contributed by atoms with van der Waals surface area (Å²) in [6, 6.07) is 1.99. The zero-order valence-corrected chi connectivity index (χ0v) is 10.4. The van der Waals surface area contributed by atoms with Gasteiger partial charge in [-0.2, -0.15) is 0 Å². The summed E-state index contributed by atoms with van der Waals surface area (Å²) in [5, 5.41) is 16.1. The van der Waals surface area contributed by atoms with E-state index in [1.54, 1.807) is 19.3 Å². The van der Waals surface area contributed by atoms with Gasteiger partial charge in [0.15, 0.2) is 0 Å². The van der Waals surface area contributed by atoms with Crippen molar-refractivity contribution in [2.75, 3.05) is 17.2 Å². The van der Waals surface area contributed by atoms with Crippen molar-refractivity contribution in [2.24, 2.45) is 0 Å². The van der Waals surface area contributed by atoms with Crippen molar-refractivity contribution in [3.05, 3.63) is 18.5 Å². The second-order valence-electron chi connectivity index (χ2n) is 4.52. The van der Waals surface area contributed by atoms with Gasteiger partial charge in [-0.05, 0) is 33.8 Å². The van der Waals surface area contributed by atoms with Crippen LogP contribution in [-0.2, 0) is 0 Å². The molecule has 16 heavy (non-hydrogen) atoms. The number of hydrogen-bond donors (Lipinski definition) is 3. The summed E-state index contributed by atoms with van der Waals surface area (Å²) < 4.78 is 0. The first-order chi connectivity index (χ1) is 7.45. The number of nitrogens with zero attached hydrogens (tertiary/aromatic N) is 1. The normalized spacial score (nSPS) is 13.3. The second kappa shape index (κ2) is 5.16. The average molecular weight is 223 g/mol. The van der Waals surface area contributed by atoms with Gasteiger partial charge in [0.05, 0.1) is 35.4 Å². The highest BCUT2D eigenvalue weighted by Gasteiger charge is 2.23. The molecule has 0 spiro atoms. The molecule has 4 heteroatoms. The molecule has 0 fully saturated rings. The number of aliphatic hydroxyl groups is 1.